The van der Waals surface area contributed by atoms with Gasteiger partial charge in [-0.05, 0) is 41.8 Å². The smallest absolute Gasteiger partial charge is 0.193 e. The Hall–Kier alpha value is -2.07. The summed E-state index contributed by atoms with van der Waals surface area (Å²) in [6, 6.07) is 11.0. The molecule has 0 aliphatic rings. The first-order valence-electron chi connectivity index (χ1n) is 9.41. The fraction of sp³-hybridized carbons (Fsp3) is 0.409. The molecule has 30 heavy (non-hydrogen) atoms. The van der Waals surface area contributed by atoms with Gasteiger partial charge in [-0.3, -0.25) is 4.99 Å². The molecule has 6 nitrogen and oxygen atoms in total. The number of nitrogens with zero attached hydrogens (tertiary/aromatic N) is 2. The van der Waals surface area contributed by atoms with Gasteiger partial charge in [0.05, 0.1) is 20.8 Å². The van der Waals surface area contributed by atoms with Crippen molar-refractivity contribution in [3.05, 3.63) is 58.9 Å². The lowest BCUT2D eigenvalue weighted by atomic mass is 10.1. The van der Waals surface area contributed by atoms with Crippen LogP contribution in [-0.2, 0) is 24.3 Å². The Kier molecular flexibility index (Phi) is 11.5. The second-order valence-electron chi connectivity index (χ2n) is 6.62. The largest absolute Gasteiger partial charge is 0.493 e. The van der Waals surface area contributed by atoms with E-state index in [0.29, 0.717) is 17.9 Å². The van der Waals surface area contributed by atoms with Crippen LogP contribution in [0.15, 0.2) is 41.4 Å². The lowest BCUT2D eigenvalue weighted by molar-refractivity contribution is 0.181. The molecule has 0 atom stereocenters. The summed E-state index contributed by atoms with van der Waals surface area (Å²) in [5, 5.41) is 3.32. The third-order valence-corrected chi connectivity index (χ3v) is 4.62. The number of hydrogen-bond donors (Lipinski definition) is 1. The molecule has 0 fully saturated rings. The molecule has 1 N–H and O–H groups in total. The predicted octanol–water partition coefficient (Wildman–Crippen LogP) is 3.86. The number of hydrogen-bond acceptors (Lipinski definition) is 4. The number of methoxy groups -OCH3 is 3. The van der Waals surface area contributed by atoms with Crippen molar-refractivity contribution in [1.82, 2.24) is 10.2 Å². The van der Waals surface area contributed by atoms with Crippen LogP contribution < -0.4 is 14.8 Å². The summed E-state index contributed by atoms with van der Waals surface area (Å²) in [4.78, 5) is 6.39. The minimum atomic E-state index is -0.257. The molecule has 166 valence electrons. The first-order chi connectivity index (χ1) is 14.0. The van der Waals surface area contributed by atoms with E-state index in [-0.39, 0.29) is 36.4 Å². The van der Waals surface area contributed by atoms with E-state index < -0.39 is 0 Å². The highest BCUT2D eigenvalue weighted by molar-refractivity contribution is 14.0. The summed E-state index contributed by atoms with van der Waals surface area (Å²) in [5.41, 5.74) is 2.66. The van der Waals surface area contributed by atoms with Crippen LogP contribution in [0, 0.1) is 5.82 Å². The number of aliphatic imine (C=N–C) groups is 1. The Bertz CT molecular complexity index is 833. The van der Waals surface area contributed by atoms with E-state index in [1.807, 2.05) is 31.3 Å². The maximum atomic E-state index is 13.8. The Morgan fingerprint density at radius 1 is 1.03 bits per heavy atom. The molecule has 0 spiro atoms. The Balaban J connectivity index is 0.00000450. The average Bonchev–Trinajstić information content (AvgIpc) is 2.74. The minimum Gasteiger partial charge on any atom is -0.493 e. The highest BCUT2D eigenvalue weighted by Crippen LogP contribution is 2.27. The van der Waals surface area contributed by atoms with Crippen molar-refractivity contribution in [2.24, 2.45) is 4.99 Å². The third-order valence-electron chi connectivity index (χ3n) is 4.62. The summed E-state index contributed by atoms with van der Waals surface area (Å²) in [5.74, 6) is 1.95. The third kappa shape index (κ3) is 7.32. The van der Waals surface area contributed by atoms with Crippen LogP contribution in [0.4, 0.5) is 4.39 Å². The molecule has 0 saturated heterocycles. The average molecular weight is 531 g/mol. The van der Waals surface area contributed by atoms with Gasteiger partial charge in [0.2, 0.25) is 0 Å². The van der Waals surface area contributed by atoms with E-state index in [4.69, 9.17) is 14.2 Å². The lowest BCUT2D eigenvalue weighted by Gasteiger charge is -2.22. The maximum absolute atomic E-state index is 13.8. The minimum absolute atomic E-state index is 0. The van der Waals surface area contributed by atoms with Gasteiger partial charge in [-0.25, -0.2) is 4.39 Å². The molecule has 0 unspecified atom stereocenters. The zero-order valence-electron chi connectivity index (χ0n) is 18.2. The van der Waals surface area contributed by atoms with Crippen LogP contribution >= 0.6 is 24.0 Å². The molecule has 0 aliphatic heterocycles. The highest BCUT2D eigenvalue weighted by Gasteiger charge is 2.09. The number of ether oxygens (including phenoxy) is 3. The van der Waals surface area contributed by atoms with Crippen molar-refractivity contribution in [2.75, 3.05) is 42.0 Å². The SMILES string of the molecule is CN=C(NCc1ccc(F)c(COC)c1)N(C)CCc1ccc(OC)c(OC)c1.I. The normalized spacial score (nSPS) is 10.9. The number of benzene rings is 2. The van der Waals surface area contributed by atoms with Gasteiger partial charge in [0.1, 0.15) is 5.82 Å². The van der Waals surface area contributed by atoms with Gasteiger partial charge in [-0.1, -0.05) is 12.1 Å². The number of halogens is 2. The van der Waals surface area contributed by atoms with E-state index >= 15 is 0 Å². The van der Waals surface area contributed by atoms with E-state index in [1.54, 1.807) is 34.4 Å². The number of likely N-dealkylation sites (N-methyl/N-ethyl adjacent to an activating group) is 1. The van der Waals surface area contributed by atoms with E-state index in [9.17, 15) is 4.39 Å². The number of rotatable bonds is 9. The fourth-order valence-electron chi connectivity index (χ4n) is 3.01. The fourth-order valence-corrected chi connectivity index (χ4v) is 3.01. The molecule has 0 aliphatic carbocycles. The maximum Gasteiger partial charge on any atom is 0.193 e. The molecule has 0 aromatic heterocycles. The van der Waals surface area contributed by atoms with E-state index in [1.165, 1.54) is 6.07 Å². The van der Waals surface area contributed by atoms with Crippen LogP contribution in [-0.4, -0.2) is 52.8 Å². The summed E-state index contributed by atoms with van der Waals surface area (Å²) in [7, 11) is 8.54. The standard InChI is InChI=1S/C22H30FN3O3.HI/c1-24-22(25-14-17-6-8-19(23)18(12-17)15-27-3)26(2)11-10-16-7-9-20(28-4)21(13-16)29-5;/h6-9,12-13H,10-11,14-15H2,1-5H3,(H,24,25);1H. The first-order valence-corrected chi connectivity index (χ1v) is 9.41. The van der Waals surface area contributed by atoms with Crippen LogP contribution in [0.25, 0.3) is 0 Å². The van der Waals surface area contributed by atoms with Crippen LogP contribution in [0.1, 0.15) is 16.7 Å². The monoisotopic (exact) mass is 531 g/mol. The molecular formula is C22H31FIN3O3. The van der Waals surface area contributed by atoms with Gasteiger partial charge in [0.25, 0.3) is 0 Å². The Morgan fingerprint density at radius 2 is 1.73 bits per heavy atom. The summed E-state index contributed by atoms with van der Waals surface area (Å²) in [6.07, 6.45) is 0.825. The number of guanidine groups is 1. The van der Waals surface area contributed by atoms with Crippen molar-refractivity contribution in [3.63, 3.8) is 0 Å². The van der Waals surface area contributed by atoms with Gasteiger partial charge in [0, 0.05) is 39.9 Å². The molecule has 2 rings (SSSR count). The van der Waals surface area contributed by atoms with E-state index in [2.05, 4.69) is 15.2 Å². The van der Waals surface area contributed by atoms with Crippen molar-refractivity contribution in [2.45, 2.75) is 19.6 Å². The molecule has 0 saturated carbocycles. The molecule has 8 heteroatoms. The Morgan fingerprint density at radius 3 is 2.37 bits per heavy atom. The van der Waals surface area contributed by atoms with Crippen molar-refractivity contribution in [1.29, 1.82) is 0 Å². The van der Waals surface area contributed by atoms with Gasteiger partial charge in [-0.15, -0.1) is 24.0 Å². The van der Waals surface area contributed by atoms with Gasteiger partial charge in [-0.2, -0.15) is 0 Å². The molecule has 0 radical (unpaired) electrons. The number of nitrogens with one attached hydrogen (secondary N) is 1. The van der Waals surface area contributed by atoms with Crippen molar-refractivity contribution >= 4 is 29.9 Å². The Labute approximate surface area is 195 Å². The second kappa shape index (κ2) is 13.3. The first kappa shape index (κ1) is 26.0. The molecular weight excluding hydrogens is 500 g/mol. The predicted molar refractivity (Wildman–Crippen MR) is 129 cm³/mol. The van der Waals surface area contributed by atoms with Crippen LogP contribution in [0.3, 0.4) is 0 Å². The zero-order chi connectivity index (χ0) is 21.2. The van der Waals surface area contributed by atoms with Crippen LogP contribution in [0.2, 0.25) is 0 Å². The molecule has 0 amide bonds. The second-order valence-corrected chi connectivity index (χ2v) is 6.62. The van der Waals surface area contributed by atoms with Gasteiger partial charge < -0.3 is 24.4 Å². The highest BCUT2D eigenvalue weighted by atomic mass is 127. The lowest BCUT2D eigenvalue weighted by Crippen LogP contribution is -2.39. The molecule has 2 aromatic carbocycles. The van der Waals surface area contributed by atoms with Crippen molar-refractivity contribution < 1.29 is 18.6 Å². The zero-order valence-corrected chi connectivity index (χ0v) is 20.5. The topological polar surface area (TPSA) is 55.3 Å². The van der Waals surface area contributed by atoms with Gasteiger partial charge in [0.15, 0.2) is 17.5 Å². The molecule has 0 heterocycles. The van der Waals surface area contributed by atoms with Crippen molar-refractivity contribution in [3.8, 4) is 11.5 Å². The summed E-state index contributed by atoms with van der Waals surface area (Å²) < 4.78 is 29.5. The van der Waals surface area contributed by atoms with E-state index in [0.717, 1.165) is 35.8 Å². The summed E-state index contributed by atoms with van der Waals surface area (Å²) >= 11 is 0. The van der Waals surface area contributed by atoms with Gasteiger partial charge >= 0.3 is 0 Å². The summed E-state index contributed by atoms with van der Waals surface area (Å²) in [6.45, 7) is 1.57. The molecule has 2 aromatic rings. The molecule has 0 bridgehead atoms. The van der Waals surface area contributed by atoms with Crippen LogP contribution in [0.5, 0.6) is 11.5 Å². The quantitative estimate of drug-likeness (QED) is 0.303.